The third-order valence-electron chi connectivity index (χ3n) is 5.24. The second kappa shape index (κ2) is 8.63. The van der Waals surface area contributed by atoms with E-state index in [4.69, 9.17) is 14.0 Å². The Morgan fingerprint density at radius 3 is 2.45 bits per heavy atom. The number of amides is 1. The zero-order valence-electron chi connectivity index (χ0n) is 18.1. The number of methoxy groups -OCH3 is 2. The van der Waals surface area contributed by atoms with Crippen molar-refractivity contribution in [1.29, 1.82) is 0 Å². The highest BCUT2D eigenvalue weighted by molar-refractivity contribution is 5.93. The quantitative estimate of drug-likeness (QED) is 0.618. The van der Waals surface area contributed by atoms with E-state index in [0.29, 0.717) is 49.0 Å². The van der Waals surface area contributed by atoms with Gasteiger partial charge in [-0.25, -0.2) is 9.97 Å². The number of aromatic nitrogens is 3. The van der Waals surface area contributed by atoms with Crippen LogP contribution in [0.3, 0.4) is 0 Å². The smallest absolute Gasteiger partial charge is 0.276 e. The maximum atomic E-state index is 13.0. The van der Waals surface area contributed by atoms with Gasteiger partial charge in [-0.05, 0) is 32.0 Å². The standard InChI is InChI=1S/C22H25N5O4/c1-14-11-21(24-15(2)23-14)26-7-9-27(10-8-26)22(28)18-13-20(31-25-18)17-12-16(29-3)5-6-19(17)30-4/h5-6,11-13H,7-10H2,1-4H3. The highest BCUT2D eigenvalue weighted by atomic mass is 16.5. The van der Waals surface area contributed by atoms with Crippen molar-refractivity contribution in [2.24, 2.45) is 0 Å². The molecule has 3 heterocycles. The number of rotatable bonds is 5. The van der Waals surface area contributed by atoms with Crippen molar-refractivity contribution in [3.8, 4) is 22.8 Å². The molecular formula is C22H25N5O4. The monoisotopic (exact) mass is 423 g/mol. The fourth-order valence-corrected chi connectivity index (χ4v) is 3.67. The fourth-order valence-electron chi connectivity index (χ4n) is 3.67. The van der Waals surface area contributed by atoms with E-state index in [1.165, 1.54) is 0 Å². The summed E-state index contributed by atoms with van der Waals surface area (Å²) in [5.74, 6) is 3.20. The summed E-state index contributed by atoms with van der Waals surface area (Å²) in [6, 6.07) is 8.98. The van der Waals surface area contributed by atoms with E-state index in [2.05, 4.69) is 20.0 Å². The summed E-state index contributed by atoms with van der Waals surface area (Å²) in [5.41, 5.74) is 1.87. The van der Waals surface area contributed by atoms with Gasteiger partial charge in [0.2, 0.25) is 0 Å². The first-order valence-electron chi connectivity index (χ1n) is 10.0. The summed E-state index contributed by atoms with van der Waals surface area (Å²) in [6.07, 6.45) is 0. The van der Waals surface area contributed by atoms with Gasteiger partial charge >= 0.3 is 0 Å². The number of anilines is 1. The third-order valence-corrected chi connectivity index (χ3v) is 5.24. The van der Waals surface area contributed by atoms with E-state index in [9.17, 15) is 4.79 Å². The van der Waals surface area contributed by atoms with Crippen molar-refractivity contribution in [1.82, 2.24) is 20.0 Å². The molecule has 0 saturated carbocycles. The average Bonchev–Trinajstić information content (AvgIpc) is 3.27. The van der Waals surface area contributed by atoms with Crippen LogP contribution in [0.25, 0.3) is 11.3 Å². The first-order chi connectivity index (χ1) is 15.0. The van der Waals surface area contributed by atoms with Gasteiger partial charge in [-0.3, -0.25) is 4.79 Å². The number of ether oxygens (including phenoxy) is 2. The largest absolute Gasteiger partial charge is 0.497 e. The molecule has 2 aromatic heterocycles. The Labute approximate surface area is 180 Å². The van der Waals surface area contributed by atoms with E-state index >= 15 is 0 Å². The van der Waals surface area contributed by atoms with Crippen LogP contribution in [0.5, 0.6) is 11.5 Å². The van der Waals surface area contributed by atoms with Crippen LogP contribution in [0.2, 0.25) is 0 Å². The van der Waals surface area contributed by atoms with Crippen molar-refractivity contribution in [2.45, 2.75) is 13.8 Å². The summed E-state index contributed by atoms with van der Waals surface area (Å²) < 4.78 is 16.1. The molecule has 162 valence electrons. The minimum Gasteiger partial charge on any atom is -0.497 e. The van der Waals surface area contributed by atoms with Crippen molar-refractivity contribution in [3.05, 3.63) is 47.5 Å². The normalized spacial score (nSPS) is 13.9. The van der Waals surface area contributed by atoms with Gasteiger partial charge in [0.25, 0.3) is 5.91 Å². The second-order valence-electron chi connectivity index (χ2n) is 7.34. The van der Waals surface area contributed by atoms with Crippen molar-refractivity contribution < 1.29 is 18.8 Å². The van der Waals surface area contributed by atoms with Crippen molar-refractivity contribution >= 4 is 11.7 Å². The SMILES string of the molecule is COc1ccc(OC)c(-c2cc(C(=O)N3CCN(c4cc(C)nc(C)n4)CC3)no2)c1. The summed E-state index contributed by atoms with van der Waals surface area (Å²) in [6.45, 7) is 6.37. The summed E-state index contributed by atoms with van der Waals surface area (Å²) in [5, 5.41) is 4.00. The molecule has 1 aliphatic heterocycles. The minimum atomic E-state index is -0.161. The Bertz CT molecular complexity index is 1070. The average molecular weight is 423 g/mol. The van der Waals surface area contributed by atoms with Crippen LogP contribution in [-0.4, -0.2) is 66.3 Å². The van der Waals surface area contributed by atoms with Gasteiger partial charge in [-0.15, -0.1) is 0 Å². The van der Waals surface area contributed by atoms with Crippen LogP contribution >= 0.6 is 0 Å². The molecule has 1 aromatic carbocycles. The third kappa shape index (κ3) is 4.30. The van der Waals surface area contributed by atoms with Crippen LogP contribution < -0.4 is 14.4 Å². The molecule has 0 unspecified atom stereocenters. The Balaban J connectivity index is 1.47. The number of hydrogen-bond donors (Lipinski definition) is 0. The molecule has 0 radical (unpaired) electrons. The Morgan fingerprint density at radius 2 is 1.77 bits per heavy atom. The summed E-state index contributed by atoms with van der Waals surface area (Å²) in [4.78, 5) is 25.8. The topological polar surface area (TPSA) is 93.8 Å². The van der Waals surface area contributed by atoms with E-state index in [1.807, 2.05) is 19.9 Å². The molecule has 1 aliphatic rings. The Morgan fingerprint density at radius 1 is 1.00 bits per heavy atom. The van der Waals surface area contributed by atoms with Crippen LogP contribution in [0.15, 0.2) is 34.9 Å². The molecule has 4 rings (SSSR count). The number of carbonyl (C=O) groups excluding carboxylic acids is 1. The predicted octanol–water partition coefficient (Wildman–Crippen LogP) is 2.73. The molecule has 1 fully saturated rings. The van der Waals surface area contributed by atoms with Gasteiger partial charge < -0.3 is 23.8 Å². The lowest BCUT2D eigenvalue weighted by molar-refractivity contribution is 0.0736. The molecule has 1 amide bonds. The van der Waals surface area contributed by atoms with Crippen LogP contribution in [0, 0.1) is 13.8 Å². The molecule has 0 aliphatic carbocycles. The number of piperazine rings is 1. The molecule has 9 heteroatoms. The van der Waals surface area contributed by atoms with Gasteiger partial charge in [-0.2, -0.15) is 0 Å². The molecule has 0 bridgehead atoms. The van der Waals surface area contributed by atoms with Crippen LogP contribution in [-0.2, 0) is 0 Å². The fraction of sp³-hybridized carbons (Fsp3) is 0.364. The first-order valence-corrected chi connectivity index (χ1v) is 10.0. The lowest BCUT2D eigenvalue weighted by Gasteiger charge is -2.35. The van der Waals surface area contributed by atoms with E-state index in [-0.39, 0.29) is 11.6 Å². The highest BCUT2D eigenvalue weighted by Crippen LogP contribution is 2.34. The maximum absolute atomic E-state index is 13.0. The predicted molar refractivity (Wildman–Crippen MR) is 115 cm³/mol. The number of hydrogen-bond acceptors (Lipinski definition) is 8. The first kappa shape index (κ1) is 20.6. The zero-order chi connectivity index (χ0) is 22.0. The number of carbonyl (C=O) groups is 1. The lowest BCUT2D eigenvalue weighted by Crippen LogP contribution is -2.49. The van der Waals surface area contributed by atoms with E-state index in [1.54, 1.807) is 43.4 Å². The Hall–Kier alpha value is -3.62. The van der Waals surface area contributed by atoms with E-state index < -0.39 is 0 Å². The molecule has 0 N–H and O–H groups in total. The molecule has 0 spiro atoms. The maximum Gasteiger partial charge on any atom is 0.276 e. The lowest BCUT2D eigenvalue weighted by atomic mass is 10.1. The molecule has 31 heavy (non-hydrogen) atoms. The number of benzene rings is 1. The van der Waals surface area contributed by atoms with E-state index in [0.717, 1.165) is 17.3 Å². The Kier molecular flexibility index (Phi) is 5.75. The molecule has 9 nitrogen and oxygen atoms in total. The summed E-state index contributed by atoms with van der Waals surface area (Å²) in [7, 11) is 3.17. The van der Waals surface area contributed by atoms with Crippen LogP contribution in [0.4, 0.5) is 5.82 Å². The highest BCUT2D eigenvalue weighted by Gasteiger charge is 2.26. The molecule has 0 atom stereocenters. The van der Waals surface area contributed by atoms with Gasteiger partial charge in [0.05, 0.1) is 19.8 Å². The van der Waals surface area contributed by atoms with Gasteiger partial charge in [-0.1, -0.05) is 5.16 Å². The molecule has 3 aromatic rings. The van der Waals surface area contributed by atoms with Crippen molar-refractivity contribution in [3.63, 3.8) is 0 Å². The minimum absolute atomic E-state index is 0.161. The molecule has 1 saturated heterocycles. The number of aryl methyl sites for hydroxylation is 2. The second-order valence-corrected chi connectivity index (χ2v) is 7.34. The van der Waals surface area contributed by atoms with Crippen LogP contribution in [0.1, 0.15) is 22.0 Å². The zero-order valence-corrected chi connectivity index (χ0v) is 18.1. The molecular weight excluding hydrogens is 398 g/mol. The van der Waals surface area contributed by atoms with Crippen molar-refractivity contribution in [2.75, 3.05) is 45.3 Å². The van der Waals surface area contributed by atoms with Gasteiger partial charge in [0, 0.05) is 44.0 Å². The number of nitrogens with zero attached hydrogens (tertiary/aromatic N) is 5. The summed E-state index contributed by atoms with van der Waals surface area (Å²) >= 11 is 0. The van der Waals surface area contributed by atoms with Gasteiger partial charge in [0.15, 0.2) is 11.5 Å². The van der Waals surface area contributed by atoms with Gasteiger partial charge in [0.1, 0.15) is 23.1 Å².